The Balaban J connectivity index is 1.84. The van der Waals surface area contributed by atoms with Crippen LogP contribution in [0.4, 0.5) is 0 Å². The molecule has 2 rings (SSSR count). The Hall–Kier alpha value is -1.37. The van der Waals surface area contributed by atoms with Crippen LogP contribution in [0.25, 0.3) is 0 Å². The van der Waals surface area contributed by atoms with Crippen LogP contribution >= 0.6 is 0 Å². The molecule has 1 aliphatic rings. The molecule has 0 aliphatic carbocycles. The first-order valence-electron chi connectivity index (χ1n) is 6.25. The van der Waals surface area contributed by atoms with Gasteiger partial charge in [-0.05, 0) is 50.0 Å². The Morgan fingerprint density at radius 3 is 2.47 bits per heavy atom. The molecule has 1 saturated heterocycles. The highest BCUT2D eigenvalue weighted by atomic mass is 15.1. The van der Waals surface area contributed by atoms with E-state index in [9.17, 15) is 0 Å². The van der Waals surface area contributed by atoms with E-state index in [1.54, 1.807) is 0 Å². The molecule has 1 heterocycles. The number of nitrogens with two attached hydrogens (primary N) is 1. The van der Waals surface area contributed by atoms with Crippen LogP contribution in [0.3, 0.4) is 0 Å². The summed E-state index contributed by atoms with van der Waals surface area (Å²) in [5, 5.41) is 8.72. The third-order valence-corrected chi connectivity index (χ3v) is 3.27. The highest BCUT2D eigenvalue weighted by Crippen LogP contribution is 2.10. The zero-order valence-electron chi connectivity index (χ0n) is 10.1. The SMILES string of the molecule is N#Cc1ccc(C[C@@H](N)CN2CCCC2)cc1. The maximum Gasteiger partial charge on any atom is 0.0991 e. The van der Waals surface area contributed by atoms with Gasteiger partial charge in [0.1, 0.15) is 0 Å². The van der Waals surface area contributed by atoms with Gasteiger partial charge in [-0.1, -0.05) is 12.1 Å². The molecule has 0 radical (unpaired) electrons. The average molecular weight is 229 g/mol. The second-order valence-corrected chi connectivity index (χ2v) is 4.78. The first kappa shape index (κ1) is 12.1. The summed E-state index contributed by atoms with van der Waals surface area (Å²) in [6, 6.07) is 10.0. The van der Waals surface area contributed by atoms with Gasteiger partial charge in [0.05, 0.1) is 11.6 Å². The molecular formula is C14H19N3. The van der Waals surface area contributed by atoms with E-state index < -0.39 is 0 Å². The fourth-order valence-corrected chi connectivity index (χ4v) is 2.38. The summed E-state index contributed by atoms with van der Waals surface area (Å²) >= 11 is 0. The lowest BCUT2D eigenvalue weighted by Gasteiger charge is -2.20. The van der Waals surface area contributed by atoms with E-state index in [4.69, 9.17) is 11.0 Å². The van der Waals surface area contributed by atoms with Gasteiger partial charge in [-0.3, -0.25) is 0 Å². The fraction of sp³-hybridized carbons (Fsp3) is 0.500. The molecule has 1 aliphatic heterocycles. The van der Waals surface area contributed by atoms with Gasteiger partial charge in [0.2, 0.25) is 0 Å². The van der Waals surface area contributed by atoms with Crippen molar-refractivity contribution in [2.24, 2.45) is 5.73 Å². The minimum absolute atomic E-state index is 0.195. The largest absolute Gasteiger partial charge is 0.326 e. The highest BCUT2D eigenvalue weighted by molar-refractivity contribution is 5.31. The van der Waals surface area contributed by atoms with Gasteiger partial charge in [-0.15, -0.1) is 0 Å². The van der Waals surface area contributed by atoms with Gasteiger partial charge in [-0.25, -0.2) is 0 Å². The average Bonchev–Trinajstić information content (AvgIpc) is 2.82. The van der Waals surface area contributed by atoms with Crippen molar-refractivity contribution in [1.29, 1.82) is 5.26 Å². The molecular weight excluding hydrogens is 210 g/mol. The summed E-state index contributed by atoms with van der Waals surface area (Å²) in [4.78, 5) is 2.44. The van der Waals surface area contributed by atoms with E-state index in [0.717, 1.165) is 13.0 Å². The first-order chi connectivity index (χ1) is 8.28. The molecule has 17 heavy (non-hydrogen) atoms. The lowest BCUT2D eigenvalue weighted by Crippen LogP contribution is -2.37. The summed E-state index contributed by atoms with van der Waals surface area (Å²) < 4.78 is 0. The number of likely N-dealkylation sites (tertiary alicyclic amines) is 1. The number of hydrogen-bond donors (Lipinski definition) is 1. The molecule has 1 fully saturated rings. The molecule has 3 nitrogen and oxygen atoms in total. The van der Waals surface area contributed by atoms with Crippen LogP contribution in [0.1, 0.15) is 24.0 Å². The van der Waals surface area contributed by atoms with Gasteiger partial charge in [0.15, 0.2) is 0 Å². The Kier molecular flexibility index (Phi) is 4.13. The van der Waals surface area contributed by atoms with Crippen LogP contribution in [-0.2, 0) is 6.42 Å². The van der Waals surface area contributed by atoms with Crippen molar-refractivity contribution >= 4 is 0 Å². The molecule has 0 unspecified atom stereocenters. The smallest absolute Gasteiger partial charge is 0.0991 e. The fourth-order valence-electron chi connectivity index (χ4n) is 2.38. The van der Waals surface area contributed by atoms with Crippen LogP contribution in [-0.4, -0.2) is 30.6 Å². The molecule has 0 saturated carbocycles. The van der Waals surface area contributed by atoms with Gasteiger partial charge in [-0.2, -0.15) is 5.26 Å². The molecule has 1 atom stereocenters. The van der Waals surface area contributed by atoms with Crippen LogP contribution in [0.5, 0.6) is 0 Å². The van der Waals surface area contributed by atoms with E-state index >= 15 is 0 Å². The number of nitriles is 1. The van der Waals surface area contributed by atoms with Crippen LogP contribution < -0.4 is 5.73 Å². The summed E-state index contributed by atoms with van der Waals surface area (Å²) in [6.45, 7) is 3.38. The van der Waals surface area contributed by atoms with Crippen LogP contribution in [0.15, 0.2) is 24.3 Å². The van der Waals surface area contributed by atoms with Crippen molar-refractivity contribution in [2.45, 2.75) is 25.3 Å². The third-order valence-electron chi connectivity index (χ3n) is 3.27. The predicted molar refractivity (Wildman–Crippen MR) is 68.5 cm³/mol. The molecule has 0 amide bonds. The number of hydrogen-bond acceptors (Lipinski definition) is 3. The highest BCUT2D eigenvalue weighted by Gasteiger charge is 2.14. The molecule has 0 bridgehead atoms. The molecule has 3 heteroatoms. The van der Waals surface area contributed by atoms with Crippen molar-refractivity contribution < 1.29 is 0 Å². The quantitative estimate of drug-likeness (QED) is 0.851. The van der Waals surface area contributed by atoms with Gasteiger partial charge in [0.25, 0.3) is 0 Å². The molecule has 0 aromatic heterocycles. The Morgan fingerprint density at radius 2 is 1.88 bits per heavy atom. The minimum Gasteiger partial charge on any atom is -0.326 e. The van der Waals surface area contributed by atoms with Gasteiger partial charge in [0, 0.05) is 12.6 Å². The van der Waals surface area contributed by atoms with Crippen molar-refractivity contribution in [2.75, 3.05) is 19.6 Å². The second-order valence-electron chi connectivity index (χ2n) is 4.78. The van der Waals surface area contributed by atoms with E-state index in [2.05, 4.69) is 11.0 Å². The van der Waals surface area contributed by atoms with E-state index in [-0.39, 0.29) is 6.04 Å². The van der Waals surface area contributed by atoms with E-state index in [1.807, 2.05) is 24.3 Å². The maximum atomic E-state index is 8.72. The standard InChI is InChI=1S/C14H19N3/c15-10-13-5-3-12(4-6-13)9-14(16)11-17-7-1-2-8-17/h3-6,14H,1-2,7-9,11,16H2/t14-/m1/s1. The Bertz CT molecular complexity index is 385. The zero-order chi connectivity index (χ0) is 12.1. The Morgan fingerprint density at radius 1 is 1.24 bits per heavy atom. The van der Waals surface area contributed by atoms with E-state index in [0.29, 0.717) is 5.56 Å². The lowest BCUT2D eigenvalue weighted by molar-refractivity contribution is 0.313. The van der Waals surface area contributed by atoms with Gasteiger partial charge < -0.3 is 10.6 Å². The summed E-state index contributed by atoms with van der Waals surface area (Å²) in [6.07, 6.45) is 3.51. The summed E-state index contributed by atoms with van der Waals surface area (Å²) in [7, 11) is 0. The monoisotopic (exact) mass is 229 g/mol. The second kappa shape index (κ2) is 5.81. The number of nitrogens with zero attached hydrogens (tertiary/aromatic N) is 2. The van der Waals surface area contributed by atoms with Crippen molar-refractivity contribution in [3.8, 4) is 6.07 Å². The van der Waals surface area contributed by atoms with Crippen LogP contribution in [0, 0.1) is 11.3 Å². The number of rotatable bonds is 4. The predicted octanol–water partition coefficient (Wildman–Crippen LogP) is 1.52. The maximum absolute atomic E-state index is 8.72. The van der Waals surface area contributed by atoms with Crippen LogP contribution in [0.2, 0.25) is 0 Å². The zero-order valence-corrected chi connectivity index (χ0v) is 10.1. The van der Waals surface area contributed by atoms with Crippen molar-refractivity contribution in [3.05, 3.63) is 35.4 Å². The number of benzene rings is 1. The summed E-state index contributed by atoms with van der Waals surface area (Å²) in [5.74, 6) is 0. The molecule has 1 aromatic carbocycles. The third kappa shape index (κ3) is 3.55. The minimum atomic E-state index is 0.195. The molecule has 90 valence electrons. The topological polar surface area (TPSA) is 53.1 Å². The van der Waals surface area contributed by atoms with Crippen molar-refractivity contribution in [1.82, 2.24) is 4.90 Å². The summed E-state index contributed by atoms with van der Waals surface area (Å²) in [5.41, 5.74) is 8.08. The molecule has 1 aromatic rings. The Labute approximate surface area is 103 Å². The van der Waals surface area contributed by atoms with E-state index in [1.165, 1.54) is 31.5 Å². The molecule has 0 spiro atoms. The normalized spacial score (nSPS) is 17.9. The first-order valence-corrected chi connectivity index (χ1v) is 6.25. The van der Waals surface area contributed by atoms with Gasteiger partial charge >= 0.3 is 0 Å². The van der Waals surface area contributed by atoms with Crippen molar-refractivity contribution in [3.63, 3.8) is 0 Å². The lowest BCUT2D eigenvalue weighted by atomic mass is 10.0. The molecule has 2 N–H and O–H groups in total.